The van der Waals surface area contributed by atoms with Crippen molar-refractivity contribution in [3.8, 4) is 5.75 Å². The predicted molar refractivity (Wildman–Crippen MR) is 152 cm³/mol. The number of nitrogens with zero attached hydrogens (tertiary/aromatic N) is 3. The highest BCUT2D eigenvalue weighted by atomic mass is 19.4. The lowest BCUT2D eigenvalue weighted by atomic mass is 9.82. The molecular weight excluding hydrogens is 551 g/mol. The van der Waals surface area contributed by atoms with Crippen LogP contribution in [0.5, 0.6) is 5.75 Å². The van der Waals surface area contributed by atoms with Gasteiger partial charge in [0.1, 0.15) is 17.1 Å². The van der Waals surface area contributed by atoms with Crippen molar-refractivity contribution >= 4 is 22.5 Å². The van der Waals surface area contributed by atoms with Crippen molar-refractivity contribution < 1.29 is 32.2 Å². The van der Waals surface area contributed by atoms with Crippen LogP contribution in [0.1, 0.15) is 67.2 Å². The average molecular weight is 590 g/mol. The molecule has 228 valence electrons. The zero-order chi connectivity index (χ0) is 29.7. The first kappa shape index (κ1) is 30.2. The SMILES string of the molecule is COc1cc2nn(C3CCC(COCCC4CCNCC4)(OC)CC3)cc2cc1NC(=O)c1cccc(C(F)(F)F)n1. The van der Waals surface area contributed by atoms with Crippen molar-refractivity contribution in [2.45, 2.75) is 62.8 Å². The summed E-state index contributed by atoms with van der Waals surface area (Å²) in [6.45, 7) is 3.53. The van der Waals surface area contributed by atoms with Crippen LogP contribution in [-0.4, -0.2) is 66.8 Å². The van der Waals surface area contributed by atoms with E-state index >= 15 is 0 Å². The Labute approximate surface area is 243 Å². The standard InChI is InChI=1S/C30H38F3N5O4/c1-40-26-17-24-21(16-25(26)36-28(39)23-4-3-5-27(35-23)30(31,32)33)18-38(37-24)22-6-11-29(41-2,12-7-22)19-42-15-10-20-8-13-34-14-9-20/h3-5,16-18,20,22,34H,6-15,19H2,1-2H3,(H,36,39). The Kier molecular flexibility index (Phi) is 9.34. The van der Waals surface area contributed by atoms with Crippen LogP contribution < -0.4 is 15.4 Å². The quantitative estimate of drug-likeness (QED) is 0.296. The van der Waals surface area contributed by atoms with Crippen molar-refractivity contribution in [1.82, 2.24) is 20.1 Å². The molecule has 1 saturated carbocycles. The molecule has 2 aliphatic rings. The number of fused-ring (bicyclic) bond motifs is 1. The van der Waals surface area contributed by atoms with Gasteiger partial charge in [-0.05, 0) is 82.2 Å². The molecule has 1 saturated heterocycles. The average Bonchev–Trinajstić information content (AvgIpc) is 3.42. The molecule has 0 unspecified atom stereocenters. The van der Waals surface area contributed by atoms with Gasteiger partial charge >= 0.3 is 6.18 Å². The second kappa shape index (κ2) is 13.0. The Morgan fingerprint density at radius 2 is 1.90 bits per heavy atom. The van der Waals surface area contributed by atoms with Gasteiger partial charge in [-0.1, -0.05) is 6.07 Å². The molecule has 1 amide bonds. The monoisotopic (exact) mass is 589 g/mol. The lowest BCUT2D eigenvalue weighted by molar-refractivity contribution is -0.141. The molecule has 1 aliphatic heterocycles. The Hall–Kier alpha value is -3.22. The van der Waals surface area contributed by atoms with Crippen LogP contribution in [0.2, 0.25) is 0 Å². The minimum absolute atomic E-state index is 0.175. The van der Waals surface area contributed by atoms with Crippen molar-refractivity contribution in [3.05, 3.63) is 47.9 Å². The molecule has 0 atom stereocenters. The Morgan fingerprint density at radius 3 is 2.60 bits per heavy atom. The molecule has 3 heterocycles. The number of nitrogens with one attached hydrogen (secondary N) is 2. The molecule has 0 spiro atoms. The Bertz CT molecular complexity index is 1360. The number of piperidine rings is 1. The van der Waals surface area contributed by atoms with E-state index in [2.05, 4.69) is 15.6 Å². The molecule has 5 rings (SSSR count). The summed E-state index contributed by atoms with van der Waals surface area (Å²) in [7, 11) is 3.21. The number of hydrogen-bond donors (Lipinski definition) is 2. The van der Waals surface area contributed by atoms with Gasteiger partial charge in [0.25, 0.3) is 5.91 Å². The summed E-state index contributed by atoms with van der Waals surface area (Å²) in [6.07, 6.45) is 4.25. The fraction of sp³-hybridized carbons (Fsp3) is 0.567. The van der Waals surface area contributed by atoms with Gasteiger partial charge in [0.05, 0.1) is 36.6 Å². The van der Waals surface area contributed by atoms with Crippen molar-refractivity contribution in [1.29, 1.82) is 0 Å². The van der Waals surface area contributed by atoms with Crippen molar-refractivity contribution in [2.24, 2.45) is 5.92 Å². The maximum atomic E-state index is 13.1. The number of ether oxygens (including phenoxy) is 3. The summed E-state index contributed by atoms with van der Waals surface area (Å²) in [5.74, 6) is 0.309. The molecule has 1 aliphatic carbocycles. The van der Waals surface area contributed by atoms with Crippen LogP contribution in [0.3, 0.4) is 0 Å². The number of hydrogen-bond acceptors (Lipinski definition) is 7. The van der Waals surface area contributed by atoms with Gasteiger partial charge < -0.3 is 24.8 Å². The van der Waals surface area contributed by atoms with E-state index in [0.29, 0.717) is 23.6 Å². The maximum Gasteiger partial charge on any atom is 0.433 e. The maximum absolute atomic E-state index is 13.1. The first-order chi connectivity index (χ1) is 20.2. The first-order valence-electron chi connectivity index (χ1n) is 14.5. The molecule has 0 radical (unpaired) electrons. The highest BCUT2D eigenvalue weighted by molar-refractivity contribution is 6.05. The first-order valence-corrected chi connectivity index (χ1v) is 14.5. The van der Waals surface area contributed by atoms with Gasteiger partial charge in [-0.25, -0.2) is 4.98 Å². The fourth-order valence-corrected chi connectivity index (χ4v) is 5.91. The van der Waals surface area contributed by atoms with Gasteiger partial charge in [-0.3, -0.25) is 9.48 Å². The molecule has 1 aromatic carbocycles. The summed E-state index contributed by atoms with van der Waals surface area (Å²) in [5, 5.41) is 11.6. The highest BCUT2D eigenvalue weighted by Gasteiger charge is 2.37. The Morgan fingerprint density at radius 1 is 1.14 bits per heavy atom. The minimum Gasteiger partial charge on any atom is -0.494 e. The lowest BCUT2D eigenvalue weighted by Gasteiger charge is -2.39. The molecule has 12 heteroatoms. The number of rotatable bonds is 10. The van der Waals surface area contributed by atoms with E-state index in [1.165, 1.54) is 26.0 Å². The van der Waals surface area contributed by atoms with E-state index in [-0.39, 0.29) is 17.3 Å². The van der Waals surface area contributed by atoms with Crippen LogP contribution in [-0.2, 0) is 15.7 Å². The van der Waals surface area contributed by atoms with Crippen LogP contribution in [0.4, 0.5) is 18.9 Å². The van der Waals surface area contributed by atoms with Gasteiger partial charge in [0.15, 0.2) is 0 Å². The number of aromatic nitrogens is 3. The van der Waals surface area contributed by atoms with Crippen LogP contribution in [0.15, 0.2) is 36.5 Å². The number of alkyl halides is 3. The van der Waals surface area contributed by atoms with E-state index in [4.69, 9.17) is 19.3 Å². The summed E-state index contributed by atoms with van der Waals surface area (Å²) in [4.78, 5) is 16.2. The minimum atomic E-state index is -4.65. The third-order valence-corrected chi connectivity index (χ3v) is 8.53. The molecule has 2 N–H and O–H groups in total. The van der Waals surface area contributed by atoms with E-state index in [0.717, 1.165) is 75.2 Å². The van der Waals surface area contributed by atoms with Crippen molar-refractivity contribution in [3.63, 3.8) is 0 Å². The number of pyridine rings is 1. The second-order valence-electron chi connectivity index (χ2n) is 11.2. The third kappa shape index (κ3) is 7.04. The lowest BCUT2D eigenvalue weighted by Crippen LogP contribution is -2.41. The zero-order valence-electron chi connectivity index (χ0n) is 24.0. The number of carbonyl (C=O) groups is 1. The molecule has 2 fully saturated rings. The summed E-state index contributed by atoms with van der Waals surface area (Å²) in [5.41, 5.74) is -0.770. The number of halogens is 3. The van der Waals surface area contributed by atoms with E-state index in [9.17, 15) is 18.0 Å². The van der Waals surface area contributed by atoms with E-state index < -0.39 is 17.8 Å². The molecule has 0 bridgehead atoms. The number of methoxy groups -OCH3 is 2. The van der Waals surface area contributed by atoms with Crippen LogP contribution in [0, 0.1) is 5.92 Å². The largest absolute Gasteiger partial charge is 0.494 e. The number of benzene rings is 1. The van der Waals surface area contributed by atoms with Gasteiger partial charge in [0, 0.05) is 31.4 Å². The van der Waals surface area contributed by atoms with E-state index in [1.807, 2.05) is 10.9 Å². The second-order valence-corrected chi connectivity index (χ2v) is 11.2. The molecule has 42 heavy (non-hydrogen) atoms. The topological polar surface area (TPSA) is 99.5 Å². The number of amides is 1. The highest BCUT2D eigenvalue weighted by Crippen LogP contribution is 2.39. The van der Waals surface area contributed by atoms with Crippen LogP contribution in [0.25, 0.3) is 10.9 Å². The van der Waals surface area contributed by atoms with Crippen LogP contribution >= 0.6 is 0 Å². The summed E-state index contributed by atoms with van der Waals surface area (Å²) >= 11 is 0. The summed E-state index contributed by atoms with van der Waals surface area (Å²) in [6, 6.07) is 6.80. The number of carbonyl (C=O) groups excluding carboxylic acids is 1. The molecular formula is C30H38F3N5O4. The van der Waals surface area contributed by atoms with Gasteiger partial charge in [-0.2, -0.15) is 18.3 Å². The van der Waals surface area contributed by atoms with Crippen molar-refractivity contribution in [2.75, 3.05) is 45.8 Å². The summed E-state index contributed by atoms with van der Waals surface area (Å²) < 4.78 is 58.7. The molecule has 2 aromatic heterocycles. The zero-order valence-corrected chi connectivity index (χ0v) is 24.0. The normalized spacial score (nSPS) is 21.9. The molecule has 9 nitrogen and oxygen atoms in total. The van der Waals surface area contributed by atoms with Gasteiger partial charge in [-0.15, -0.1) is 0 Å². The van der Waals surface area contributed by atoms with E-state index in [1.54, 1.807) is 19.2 Å². The smallest absolute Gasteiger partial charge is 0.433 e. The predicted octanol–water partition coefficient (Wildman–Crippen LogP) is 5.62. The Balaban J connectivity index is 1.22. The fourth-order valence-electron chi connectivity index (χ4n) is 5.91. The van der Waals surface area contributed by atoms with Gasteiger partial charge in [0.2, 0.25) is 0 Å². The number of anilines is 1. The molecule has 3 aromatic rings. The third-order valence-electron chi connectivity index (χ3n) is 8.53.